The first-order valence-electron chi connectivity index (χ1n) is 8.15. The molecular formula is C20H17N3O3. The maximum atomic E-state index is 11.7. The number of benzene rings is 1. The van der Waals surface area contributed by atoms with Crippen molar-refractivity contribution in [3.63, 3.8) is 0 Å². The highest BCUT2D eigenvalue weighted by Gasteiger charge is 2.20. The normalized spacial score (nSPS) is 10.5. The number of methoxy groups -OCH3 is 1. The van der Waals surface area contributed by atoms with Crippen LogP contribution in [0.2, 0.25) is 0 Å². The number of aromatic hydroxyl groups is 1. The van der Waals surface area contributed by atoms with Crippen molar-refractivity contribution >= 4 is 16.9 Å². The molecule has 6 nitrogen and oxygen atoms in total. The van der Waals surface area contributed by atoms with Crippen LogP contribution in [0.25, 0.3) is 10.9 Å². The van der Waals surface area contributed by atoms with Crippen molar-refractivity contribution in [3.8, 4) is 11.8 Å². The van der Waals surface area contributed by atoms with Crippen LogP contribution in [0.3, 0.4) is 0 Å². The van der Waals surface area contributed by atoms with Crippen molar-refractivity contribution in [1.29, 1.82) is 5.26 Å². The molecule has 0 saturated carbocycles. The van der Waals surface area contributed by atoms with E-state index in [1.165, 1.54) is 12.7 Å². The van der Waals surface area contributed by atoms with Crippen LogP contribution in [0.4, 0.5) is 0 Å². The Kier molecular flexibility index (Phi) is 4.81. The summed E-state index contributed by atoms with van der Waals surface area (Å²) in [6.07, 6.45) is 3.24. The minimum Gasteiger partial charge on any atom is -0.504 e. The van der Waals surface area contributed by atoms with Gasteiger partial charge in [0.2, 0.25) is 0 Å². The van der Waals surface area contributed by atoms with E-state index in [0.717, 1.165) is 17.5 Å². The van der Waals surface area contributed by atoms with Gasteiger partial charge in [-0.3, -0.25) is 4.98 Å². The van der Waals surface area contributed by atoms with Crippen LogP contribution in [0, 0.1) is 11.3 Å². The van der Waals surface area contributed by atoms with Gasteiger partial charge in [-0.15, -0.1) is 0 Å². The molecule has 3 rings (SSSR count). The number of ether oxygens (including phenoxy) is 1. The molecule has 2 aromatic heterocycles. The van der Waals surface area contributed by atoms with E-state index in [-0.39, 0.29) is 22.7 Å². The minimum atomic E-state index is -0.817. The van der Waals surface area contributed by atoms with Gasteiger partial charge in [0.15, 0.2) is 17.1 Å². The van der Waals surface area contributed by atoms with Gasteiger partial charge in [0.05, 0.1) is 7.11 Å². The molecule has 0 atom stereocenters. The second kappa shape index (κ2) is 7.19. The summed E-state index contributed by atoms with van der Waals surface area (Å²) in [7, 11) is 1.18. The zero-order valence-corrected chi connectivity index (χ0v) is 14.5. The van der Waals surface area contributed by atoms with Gasteiger partial charge >= 0.3 is 5.97 Å². The Morgan fingerprint density at radius 2 is 1.92 bits per heavy atom. The van der Waals surface area contributed by atoms with Crippen molar-refractivity contribution in [3.05, 3.63) is 64.6 Å². The third-order valence-corrected chi connectivity index (χ3v) is 4.20. The Labute approximate surface area is 150 Å². The summed E-state index contributed by atoms with van der Waals surface area (Å²) in [6, 6.07) is 12.0. The summed E-state index contributed by atoms with van der Waals surface area (Å²) in [5, 5.41) is 20.0. The van der Waals surface area contributed by atoms with E-state index in [2.05, 4.69) is 45.9 Å². The first-order chi connectivity index (χ1) is 12.6. The van der Waals surface area contributed by atoms with Crippen LogP contribution < -0.4 is 0 Å². The molecule has 6 heteroatoms. The lowest BCUT2D eigenvalue weighted by molar-refractivity contribution is 0.0590. The van der Waals surface area contributed by atoms with Crippen molar-refractivity contribution in [2.24, 2.45) is 0 Å². The maximum absolute atomic E-state index is 11.7. The van der Waals surface area contributed by atoms with Gasteiger partial charge in [-0.25, -0.2) is 9.78 Å². The smallest absolute Gasteiger partial charge is 0.360 e. The van der Waals surface area contributed by atoms with Crippen LogP contribution in [0.15, 0.2) is 36.5 Å². The van der Waals surface area contributed by atoms with Gasteiger partial charge in [0.1, 0.15) is 11.6 Å². The van der Waals surface area contributed by atoms with Gasteiger partial charge in [0, 0.05) is 11.6 Å². The molecule has 1 N–H and O–H groups in total. The third kappa shape index (κ3) is 3.20. The number of carbonyl (C=O) groups excluding carboxylic acids is 1. The summed E-state index contributed by atoms with van der Waals surface area (Å²) in [6.45, 7) is 2.10. The minimum absolute atomic E-state index is 0.0221. The molecule has 130 valence electrons. The van der Waals surface area contributed by atoms with Gasteiger partial charge in [-0.1, -0.05) is 31.2 Å². The van der Waals surface area contributed by atoms with E-state index in [1.807, 2.05) is 6.07 Å². The number of aromatic nitrogens is 2. The Morgan fingerprint density at radius 3 is 2.54 bits per heavy atom. The molecule has 0 radical (unpaired) electrons. The van der Waals surface area contributed by atoms with Crippen LogP contribution in [0.5, 0.6) is 5.75 Å². The standard InChI is InChI=1S/C20H17N3O3/c1-3-12-4-6-13(7-5-12)8-14-9-15-16(10-21)23-18(20(25)26-2)19(24)17(15)22-11-14/h4-7,9,11,24H,3,8H2,1-2H3. The van der Waals surface area contributed by atoms with E-state index < -0.39 is 5.97 Å². The number of carbonyl (C=O) groups is 1. The molecule has 0 unspecified atom stereocenters. The first kappa shape index (κ1) is 17.4. The highest BCUT2D eigenvalue weighted by molar-refractivity contribution is 5.99. The predicted octanol–water partition coefficient (Wildman–Crippen LogP) is 3.15. The number of aryl methyl sites for hydroxylation is 1. The van der Waals surface area contributed by atoms with E-state index in [4.69, 9.17) is 0 Å². The number of fused-ring (bicyclic) bond motifs is 1. The average molecular weight is 347 g/mol. The fraction of sp³-hybridized carbons (Fsp3) is 0.200. The zero-order chi connectivity index (χ0) is 18.7. The van der Waals surface area contributed by atoms with E-state index in [1.54, 1.807) is 12.3 Å². The molecule has 1 aromatic carbocycles. The second-order valence-electron chi connectivity index (χ2n) is 5.85. The van der Waals surface area contributed by atoms with Gasteiger partial charge in [-0.05, 0) is 35.6 Å². The number of nitrogens with zero attached hydrogens (tertiary/aromatic N) is 3. The molecule has 0 saturated heterocycles. The van der Waals surface area contributed by atoms with Crippen molar-refractivity contribution in [1.82, 2.24) is 9.97 Å². The second-order valence-corrected chi connectivity index (χ2v) is 5.85. The largest absolute Gasteiger partial charge is 0.504 e. The molecule has 0 fully saturated rings. The molecular weight excluding hydrogens is 330 g/mol. The lowest BCUT2D eigenvalue weighted by atomic mass is 10.0. The monoisotopic (exact) mass is 347 g/mol. The summed E-state index contributed by atoms with van der Waals surface area (Å²) in [5.74, 6) is -1.20. The molecule has 0 bridgehead atoms. The summed E-state index contributed by atoms with van der Waals surface area (Å²) < 4.78 is 4.59. The molecule has 2 heterocycles. The summed E-state index contributed by atoms with van der Waals surface area (Å²) >= 11 is 0. The van der Waals surface area contributed by atoms with Gasteiger partial charge in [-0.2, -0.15) is 5.26 Å². The molecule has 0 amide bonds. The molecule has 0 aliphatic carbocycles. The number of nitriles is 1. The third-order valence-electron chi connectivity index (χ3n) is 4.20. The highest BCUT2D eigenvalue weighted by Crippen LogP contribution is 2.29. The van der Waals surface area contributed by atoms with Gasteiger partial charge in [0.25, 0.3) is 0 Å². The van der Waals surface area contributed by atoms with E-state index in [0.29, 0.717) is 11.8 Å². The Balaban J connectivity index is 2.05. The van der Waals surface area contributed by atoms with E-state index >= 15 is 0 Å². The number of hydrogen-bond donors (Lipinski definition) is 1. The Morgan fingerprint density at radius 1 is 1.23 bits per heavy atom. The quantitative estimate of drug-likeness (QED) is 0.728. The maximum Gasteiger partial charge on any atom is 0.360 e. The van der Waals surface area contributed by atoms with Crippen LogP contribution in [0.1, 0.15) is 39.8 Å². The van der Waals surface area contributed by atoms with Crippen LogP contribution in [-0.2, 0) is 17.6 Å². The Hall–Kier alpha value is -3.46. The molecule has 0 aliphatic rings. The molecule has 3 aromatic rings. The lowest BCUT2D eigenvalue weighted by Crippen LogP contribution is -2.07. The zero-order valence-electron chi connectivity index (χ0n) is 14.5. The first-order valence-corrected chi connectivity index (χ1v) is 8.15. The number of rotatable bonds is 4. The molecule has 26 heavy (non-hydrogen) atoms. The topological polar surface area (TPSA) is 96.1 Å². The van der Waals surface area contributed by atoms with Crippen molar-refractivity contribution < 1.29 is 14.6 Å². The summed E-state index contributed by atoms with van der Waals surface area (Å²) in [4.78, 5) is 19.9. The van der Waals surface area contributed by atoms with Gasteiger partial charge < -0.3 is 9.84 Å². The lowest BCUT2D eigenvalue weighted by Gasteiger charge is -2.09. The van der Waals surface area contributed by atoms with E-state index in [9.17, 15) is 15.2 Å². The number of esters is 1. The summed E-state index contributed by atoms with van der Waals surface area (Å²) in [5.41, 5.74) is 3.12. The predicted molar refractivity (Wildman–Crippen MR) is 95.9 cm³/mol. The number of pyridine rings is 2. The average Bonchev–Trinajstić information content (AvgIpc) is 2.68. The Bertz CT molecular complexity index is 1020. The fourth-order valence-corrected chi connectivity index (χ4v) is 2.76. The number of hydrogen-bond acceptors (Lipinski definition) is 6. The SMILES string of the molecule is CCc1ccc(Cc2cnc3c(O)c(C(=O)OC)nc(C#N)c3c2)cc1. The van der Waals surface area contributed by atoms with Crippen LogP contribution in [-0.4, -0.2) is 28.2 Å². The highest BCUT2D eigenvalue weighted by atomic mass is 16.5. The van der Waals surface area contributed by atoms with Crippen molar-refractivity contribution in [2.75, 3.05) is 7.11 Å². The molecule has 0 spiro atoms. The fourth-order valence-electron chi connectivity index (χ4n) is 2.76. The molecule has 0 aliphatic heterocycles. The van der Waals surface area contributed by atoms with Crippen LogP contribution >= 0.6 is 0 Å². The van der Waals surface area contributed by atoms with Crippen molar-refractivity contribution in [2.45, 2.75) is 19.8 Å².